The quantitative estimate of drug-likeness (QED) is 0.562. The van der Waals surface area contributed by atoms with Gasteiger partial charge in [-0.05, 0) is 29.5 Å². The molecule has 132 valence electrons. The molecular formula is C21H23N5. The molecule has 0 fully saturated rings. The van der Waals surface area contributed by atoms with Crippen LogP contribution in [0.5, 0.6) is 0 Å². The van der Waals surface area contributed by atoms with Gasteiger partial charge in [0, 0.05) is 5.39 Å². The number of nitrogens with zero attached hydrogens (tertiary/aromatic N) is 3. The molecule has 1 unspecified atom stereocenters. The van der Waals surface area contributed by atoms with Crippen LogP contribution in [0.2, 0.25) is 0 Å². The molecule has 3 N–H and O–H groups in total. The molecule has 0 saturated heterocycles. The molecule has 5 nitrogen and oxygen atoms in total. The summed E-state index contributed by atoms with van der Waals surface area (Å²) in [6.07, 6.45) is 2.86. The number of nitrogens with two attached hydrogens (primary N) is 1. The fourth-order valence-electron chi connectivity index (χ4n) is 3.39. The number of imidazole rings is 1. The third-order valence-corrected chi connectivity index (χ3v) is 5.00. The largest absolute Gasteiger partial charge is 0.382 e. The average molecular weight is 345 g/mol. The van der Waals surface area contributed by atoms with Crippen LogP contribution in [-0.4, -0.2) is 14.6 Å². The highest BCUT2D eigenvalue weighted by Gasteiger charge is 2.17. The Labute approximate surface area is 152 Å². The zero-order valence-electron chi connectivity index (χ0n) is 15.1. The van der Waals surface area contributed by atoms with Crippen LogP contribution in [0.4, 0.5) is 5.82 Å². The van der Waals surface area contributed by atoms with Crippen molar-refractivity contribution in [3.63, 3.8) is 0 Å². The summed E-state index contributed by atoms with van der Waals surface area (Å²) in [6.45, 7) is 5.16. The van der Waals surface area contributed by atoms with Crippen molar-refractivity contribution in [2.24, 2.45) is 0 Å². The molecule has 0 saturated carbocycles. The standard InChI is InChI=1S/C21H23N5/c1-3-14(2)16-10-7-11-17-18(16)20-19(21(22)25-17)23-13-26(20)24-12-15-8-5-4-6-9-15/h4-11,13-14,24H,3,12H2,1-2H3,(H2,22,25). The lowest BCUT2D eigenvalue weighted by Crippen LogP contribution is -2.13. The first-order valence-corrected chi connectivity index (χ1v) is 9.02. The highest BCUT2D eigenvalue weighted by atomic mass is 15.4. The van der Waals surface area contributed by atoms with Crippen LogP contribution in [0, 0.1) is 0 Å². The normalized spacial score (nSPS) is 12.5. The fourth-order valence-corrected chi connectivity index (χ4v) is 3.39. The van der Waals surface area contributed by atoms with Crippen molar-refractivity contribution in [1.82, 2.24) is 14.6 Å². The van der Waals surface area contributed by atoms with Crippen molar-refractivity contribution in [3.05, 3.63) is 66.0 Å². The van der Waals surface area contributed by atoms with Crippen LogP contribution in [0.1, 0.15) is 37.3 Å². The first-order chi connectivity index (χ1) is 12.7. The molecule has 2 heterocycles. The summed E-state index contributed by atoms with van der Waals surface area (Å²) in [5, 5.41) is 1.13. The van der Waals surface area contributed by atoms with Crippen molar-refractivity contribution >= 4 is 27.8 Å². The molecule has 2 aromatic heterocycles. The number of hydrogen-bond acceptors (Lipinski definition) is 4. The van der Waals surface area contributed by atoms with Crippen molar-refractivity contribution in [3.8, 4) is 0 Å². The smallest absolute Gasteiger partial charge is 0.152 e. The maximum Gasteiger partial charge on any atom is 0.152 e. The van der Waals surface area contributed by atoms with E-state index < -0.39 is 0 Å². The van der Waals surface area contributed by atoms with E-state index in [0.717, 1.165) is 28.4 Å². The number of hydrogen-bond donors (Lipinski definition) is 2. The van der Waals surface area contributed by atoms with Crippen LogP contribution in [0.25, 0.3) is 21.9 Å². The highest BCUT2D eigenvalue weighted by molar-refractivity contribution is 6.08. The topological polar surface area (TPSA) is 68.8 Å². The van der Waals surface area contributed by atoms with Crippen LogP contribution < -0.4 is 11.2 Å². The minimum atomic E-state index is 0.435. The van der Waals surface area contributed by atoms with Gasteiger partial charge in [0.1, 0.15) is 17.4 Å². The summed E-state index contributed by atoms with van der Waals surface area (Å²) in [5.74, 6) is 0.902. The predicted molar refractivity (Wildman–Crippen MR) is 108 cm³/mol. The molecular weight excluding hydrogens is 322 g/mol. The summed E-state index contributed by atoms with van der Waals surface area (Å²) in [6, 6.07) is 16.6. The maximum atomic E-state index is 6.19. The Morgan fingerprint density at radius 1 is 1.12 bits per heavy atom. The Balaban J connectivity index is 1.89. The van der Waals surface area contributed by atoms with Gasteiger partial charge in [0.25, 0.3) is 0 Å². The molecule has 26 heavy (non-hydrogen) atoms. The molecule has 0 amide bonds. The first kappa shape index (κ1) is 16.4. The van der Waals surface area contributed by atoms with Gasteiger partial charge in [-0.25, -0.2) is 14.6 Å². The van der Waals surface area contributed by atoms with Crippen molar-refractivity contribution in [2.45, 2.75) is 32.7 Å². The first-order valence-electron chi connectivity index (χ1n) is 9.02. The third-order valence-electron chi connectivity index (χ3n) is 5.00. The molecule has 0 spiro atoms. The minimum absolute atomic E-state index is 0.435. The van der Waals surface area contributed by atoms with Gasteiger partial charge < -0.3 is 11.2 Å². The number of pyridine rings is 1. The molecule has 5 heteroatoms. The molecule has 4 rings (SSSR count). The van der Waals surface area contributed by atoms with Crippen molar-refractivity contribution in [1.29, 1.82) is 0 Å². The fraction of sp³-hybridized carbons (Fsp3) is 0.238. The van der Waals surface area contributed by atoms with E-state index in [1.54, 1.807) is 6.33 Å². The van der Waals surface area contributed by atoms with E-state index in [-0.39, 0.29) is 0 Å². The molecule has 0 bridgehead atoms. The molecule has 1 atom stereocenters. The summed E-state index contributed by atoms with van der Waals surface area (Å²) < 4.78 is 1.98. The Morgan fingerprint density at radius 3 is 2.69 bits per heavy atom. The van der Waals surface area contributed by atoms with Gasteiger partial charge >= 0.3 is 0 Å². The third kappa shape index (κ3) is 2.75. The Hall–Kier alpha value is -3.08. The van der Waals surface area contributed by atoms with Gasteiger partial charge in [0.05, 0.1) is 12.1 Å². The monoisotopic (exact) mass is 345 g/mol. The summed E-state index contributed by atoms with van der Waals surface area (Å²) in [4.78, 5) is 9.11. The van der Waals surface area contributed by atoms with Crippen LogP contribution in [0.3, 0.4) is 0 Å². The van der Waals surface area contributed by atoms with Crippen molar-refractivity contribution < 1.29 is 0 Å². The van der Waals surface area contributed by atoms with Gasteiger partial charge in [-0.3, -0.25) is 0 Å². The van der Waals surface area contributed by atoms with E-state index in [4.69, 9.17) is 5.73 Å². The average Bonchev–Trinajstić information content (AvgIpc) is 3.11. The lowest BCUT2D eigenvalue weighted by Gasteiger charge is -2.16. The molecule has 2 aromatic carbocycles. The van der Waals surface area contributed by atoms with E-state index in [1.807, 2.05) is 28.9 Å². The van der Waals surface area contributed by atoms with Crippen LogP contribution >= 0.6 is 0 Å². The number of benzene rings is 2. The van der Waals surface area contributed by atoms with E-state index in [1.165, 1.54) is 11.1 Å². The van der Waals surface area contributed by atoms with Gasteiger partial charge in [-0.15, -0.1) is 0 Å². The number of nitrogen functional groups attached to an aromatic ring is 1. The number of rotatable bonds is 5. The summed E-state index contributed by atoms with van der Waals surface area (Å²) in [7, 11) is 0. The van der Waals surface area contributed by atoms with E-state index in [2.05, 4.69) is 53.5 Å². The number of aromatic nitrogens is 3. The van der Waals surface area contributed by atoms with Crippen LogP contribution in [-0.2, 0) is 6.54 Å². The van der Waals surface area contributed by atoms with E-state index in [9.17, 15) is 0 Å². The minimum Gasteiger partial charge on any atom is -0.382 e. The molecule has 0 aliphatic carbocycles. The summed E-state index contributed by atoms with van der Waals surface area (Å²) >= 11 is 0. The van der Waals surface area contributed by atoms with E-state index in [0.29, 0.717) is 18.3 Å². The van der Waals surface area contributed by atoms with E-state index >= 15 is 0 Å². The second kappa shape index (κ2) is 6.67. The Kier molecular flexibility index (Phi) is 4.21. The summed E-state index contributed by atoms with van der Waals surface area (Å²) in [5.41, 5.74) is 14.8. The molecule has 0 radical (unpaired) electrons. The number of fused-ring (bicyclic) bond motifs is 3. The predicted octanol–water partition coefficient (Wildman–Crippen LogP) is 4.42. The molecule has 4 aromatic rings. The number of anilines is 1. The maximum absolute atomic E-state index is 6.19. The number of nitrogens with one attached hydrogen (secondary N) is 1. The zero-order valence-corrected chi connectivity index (χ0v) is 15.1. The Morgan fingerprint density at radius 2 is 1.92 bits per heavy atom. The lowest BCUT2D eigenvalue weighted by atomic mass is 9.94. The van der Waals surface area contributed by atoms with Crippen molar-refractivity contribution in [2.75, 3.05) is 11.2 Å². The lowest BCUT2D eigenvalue weighted by molar-refractivity contribution is 0.739. The SMILES string of the molecule is CCC(C)c1cccc2nc(N)c3ncn(NCc4ccccc4)c3c12. The molecule has 0 aliphatic rings. The van der Waals surface area contributed by atoms with Crippen LogP contribution in [0.15, 0.2) is 54.9 Å². The van der Waals surface area contributed by atoms with Gasteiger partial charge in [-0.2, -0.15) is 0 Å². The van der Waals surface area contributed by atoms with Gasteiger partial charge in [0.2, 0.25) is 0 Å². The second-order valence-corrected chi connectivity index (χ2v) is 6.68. The Bertz CT molecular complexity index is 1050. The molecule has 0 aliphatic heterocycles. The van der Waals surface area contributed by atoms with Gasteiger partial charge in [0.15, 0.2) is 5.82 Å². The zero-order chi connectivity index (χ0) is 18.1. The highest BCUT2D eigenvalue weighted by Crippen LogP contribution is 2.33. The van der Waals surface area contributed by atoms with Gasteiger partial charge in [-0.1, -0.05) is 56.3 Å². The second-order valence-electron chi connectivity index (χ2n) is 6.68.